The molecule has 1 amide bonds. The lowest BCUT2D eigenvalue weighted by molar-refractivity contribution is -0.132. The number of amides is 1. The average Bonchev–Trinajstić information content (AvgIpc) is 2.67. The minimum atomic E-state index is -0.484. The van der Waals surface area contributed by atoms with Crippen molar-refractivity contribution in [3.05, 3.63) is 53.6 Å². The van der Waals surface area contributed by atoms with Gasteiger partial charge in [0.2, 0.25) is 0 Å². The SMILES string of the molecule is COc1cc(/C=N\NC(=O)COc2ccccc2C#N)ccc1OC(C)=O. The average molecular weight is 367 g/mol. The predicted molar refractivity (Wildman–Crippen MR) is 96.7 cm³/mol. The largest absolute Gasteiger partial charge is 0.493 e. The Hall–Kier alpha value is -3.86. The first-order valence-electron chi connectivity index (χ1n) is 7.83. The summed E-state index contributed by atoms with van der Waals surface area (Å²) < 4.78 is 15.5. The van der Waals surface area contributed by atoms with Crippen molar-refractivity contribution in [2.75, 3.05) is 13.7 Å². The Morgan fingerprint density at radius 2 is 1.96 bits per heavy atom. The molecule has 8 heteroatoms. The molecule has 0 spiro atoms. The van der Waals surface area contributed by atoms with Gasteiger partial charge in [-0.05, 0) is 35.9 Å². The van der Waals surface area contributed by atoms with E-state index in [-0.39, 0.29) is 12.4 Å². The van der Waals surface area contributed by atoms with Crippen molar-refractivity contribution < 1.29 is 23.8 Å². The van der Waals surface area contributed by atoms with Gasteiger partial charge in [0.15, 0.2) is 18.1 Å². The van der Waals surface area contributed by atoms with E-state index in [4.69, 9.17) is 19.5 Å². The molecule has 1 N–H and O–H groups in total. The van der Waals surface area contributed by atoms with Gasteiger partial charge in [-0.3, -0.25) is 9.59 Å². The van der Waals surface area contributed by atoms with Crippen molar-refractivity contribution in [1.29, 1.82) is 5.26 Å². The zero-order valence-corrected chi connectivity index (χ0v) is 14.8. The Balaban J connectivity index is 1.92. The van der Waals surface area contributed by atoms with E-state index < -0.39 is 11.9 Å². The number of esters is 1. The molecule has 0 aromatic heterocycles. The van der Waals surface area contributed by atoms with Crippen molar-refractivity contribution in [3.63, 3.8) is 0 Å². The zero-order valence-electron chi connectivity index (χ0n) is 14.8. The standard InChI is InChI=1S/C19H17N3O5/c1-13(23)27-17-8-7-14(9-18(17)25-2)11-21-22-19(24)12-26-16-6-4-3-5-15(16)10-20/h3-9,11H,12H2,1-2H3,(H,22,24)/b21-11-. The molecule has 27 heavy (non-hydrogen) atoms. The fourth-order valence-electron chi connectivity index (χ4n) is 2.04. The number of rotatable bonds is 7. The summed E-state index contributed by atoms with van der Waals surface area (Å²) in [6, 6.07) is 13.4. The minimum absolute atomic E-state index is 0.287. The molecule has 0 fully saturated rings. The molecule has 0 bridgehead atoms. The van der Waals surface area contributed by atoms with Crippen molar-refractivity contribution in [2.24, 2.45) is 5.10 Å². The number of hydrogen-bond acceptors (Lipinski definition) is 7. The number of nitriles is 1. The number of methoxy groups -OCH3 is 1. The molecule has 0 heterocycles. The van der Waals surface area contributed by atoms with Gasteiger partial charge in [0.05, 0.1) is 18.9 Å². The van der Waals surface area contributed by atoms with Crippen LogP contribution in [0, 0.1) is 11.3 Å². The molecule has 0 radical (unpaired) electrons. The number of nitrogens with zero attached hydrogens (tertiary/aromatic N) is 2. The smallest absolute Gasteiger partial charge is 0.308 e. The van der Waals surface area contributed by atoms with Gasteiger partial charge >= 0.3 is 5.97 Å². The number of carbonyl (C=O) groups excluding carboxylic acids is 2. The molecule has 0 aliphatic carbocycles. The summed E-state index contributed by atoms with van der Waals surface area (Å²) >= 11 is 0. The zero-order chi connectivity index (χ0) is 19.6. The molecule has 2 rings (SSSR count). The number of carbonyl (C=O) groups is 2. The summed E-state index contributed by atoms with van der Waals surface area (Å²) in [6.45, 7) is 1.01. The molecular formula is C19H17N3O5. The maximum absolute atomic E-state index is 11.8. The second-order valence-electron chi connectivity index (χ2n) is 5.19. The Morgan fingerprint density at radius 3 is 2.67 bits per heavy atom. The van der Waals surface area contributed by atoms with Gasteiger partial charge in [-0.2, -0.15) is 10.4 Å². The van der Waals surface area contributed by atoms with Crippen LogP contribution in [-0.2, 0) is 9.59 Å². The van der Waals surface area contributed by atoms with Crippen LogP contribution in [0.2, 0.25) is 0 Å². The van der Waals surface area contributed by atoms with E-state index in [1.807, 2.05) is 6.07 Å². The van der Waals surface area contributed by atoms with Gasteiger partial charge in [0.25, 0.3) is 5.91 Å². The van der Waals surface area contributed by atoms with Crippen LogP contribution in [0.25, 0.3) is 0 Å². The molecule has 0 saturated heterocycles. The van der Waals surface area contributed by atoms with E-state index >= 15 is 0 Å². The van der Waals surface area contributed by atoms with Crippen LogP contribution in [0.5, 0.6) is 17.2 Å². The number of ether oxygens (including phenoxy) is 3. The van der Waals surface area contributed by atoms with Gasteiger partial charge in [-0.15, -0.1) is 0 Å². The van der Waals surface area contributed by atoms with Crippen LogP contribution >= 0.6 is 0 Å². The number of hydrogen-bond donors (Lipinski definition) is 1. The summed E-state index contributed by atoms with van der Waals surface area (Å²) in [6.07, 6.45) is 1.40. The monoisotopic (exact) mass is 367 g/mol. The summed E-state index contributed by atoms with van der Waals surface area (Å²) in [5.41, 5.74) is 3.28. The Kier molecular flexibility index (Phi) is 6.91. The second kappa shape index (κ2) is 9.58. The molecule has 0 saturated carbocycles. The van der Waals surface area contributed by atoms with E-state index in [1.54, 1.807) is 42.5 Å². The van der Waals surface area contributed by atoms with E-state index in [2.05, 4.69) is 10.5 Å². The number of nitrogens with one attached hydrogen (secondary N) is 1. The second-order valence-corrected chi connectivity index (χ2v) is 5.19. The van der Waals surface area contributed by atoms with Gasteiger partial charge in [-0.1, -0.05) is 12.1 Å². The van der Waals surface area contributed by atoms with Crippen molar-refractivity contribution in [3.8, 4) is 23.3 Å². The van der Waals surface area contributed by atoms with Crippen LogP contribution in [0.3, 0.4) is 0 Å². The molecule has 0 atom stereocenters. The predicted octanol–water partition coefficient (Wildman–Crippen LogP) is 2.02. The van der Waals surface area contributed by atoms with Gasteiger partial charge in [0.1, 0.15) is 11.8 Å². The van der Waals surface area contributed by atoms with E-state index in [9.17, 15) is 9.59 Å². The normalized spacial score (nSPS) is 10.1. The highest BCUT2D eigenvalue weighted by atomic mass is 16.6. The highest BCUT2D eigenvalue weighted by Gasteiger charge is 2.08. The first-order valence-corrected chi connectivity index (χ1v) is 7.83. The molecular weight excluding hydrogens is 350 g/mol. The Bertz CT molecular complexity index is 902. The van der Waals surface area contributed by atoms with Crippen LogP contribution in [-0.4, -0.2) is 31.8 Å². The van der Waals surface area contributed by atoms with Crippen LogP contribution in [0.1, 0.15) is 18.1 Å². The summed E-state index contributed by atoms with van der Waals surface area (Å²) in [4.78, 5) is 22.8. The molecule has 2 aromatic rings. The summed E-state index contributed by atoms with van der Waals surface area (Å²) in [5, 5.41) is 12.8. The molecule has 138 valence electrons. The lowest BCUT2D eigenvalue weighted by Crippen LogP contribution is -2.24. The van der Waals surface area contributed by atoms with Gasteiger partial charge in [-0.25, -0.2) is 5.43 Å². The molecule has 8 nitrogen and oxygen atoms in total. The minimum Gasteiger partial charge on any atom is -0.493 e. The Morgan fingerprint density at radius 1 is 1.19 bits per heavy atom. The quantitative estimate of drug-likeness (QED) is 0.347. The molecule has 0 unspecified atom stereocenters. The molecule has 2 aromatic carbocycles. The highest BCUT2D eigenvalue weighted by molar-refractivity contribution is 5.84. The van der Waals surface area contributed by atoms with Gasteiger partial charge < -0.3 is 14.2 Å². The Labute approximate surface area is 156 Å². The lowest BCUT2D eigenvalue weighted by Gasteiger charge is -2.08. The fourth-order valence-corrected chi connectivity index (χ4v) is 2.04. The van der Waals surface area contributed by atoms with Gasteiger partial charge in [0, 0.05) is 6.92 Å². The van der Waals surface area contributed by atoms with E-state index in [0.29, 0.717) is 22.6 Å². The maximum Gasteiger partial charge on any atom is 0.308 e. The van der Waals surface area contributed by atoms with Crippen molar-refractivity contribution >= 4 is 18.1 Å². The number of para-hydroxylation sites is 1. The first-order chi connectivity index (χ1) is 13.0. The maximum atomic E-state index is 11.8. The summed E-state index contributed by atoms with van der Waals surface area (Å²) in [5.74, 6) is 0.0278. The van der Waals surface area contributed by atoms with E-state index in [0.717, 1.165) is 0 Å². The number of hydrazone groups is 1. The third-order valence-electron chi connectivity index (χ3n) is 3.21. The first kappa shape index (κ1) is 19.5. The molecule has 0 aliphatic rings. The number of benzene rings is 2. The third kappa shape index (κ3) is 5.86. The third-order valence-corrected chi connectivity index (χ3v) is 3.21. The van der Waals surface area contributed by atoms with Crippen molar-refractivity contribution in [2.45, 2.75) is 6.92 Å². The lowest BCUT2D eigenvalue weighted by atomic mass is 10.2. The topological polar surface area (TPSA) is 110 Å². The van der Waals surface area contributed by atoms with Crippen molar-refractivity contribution in [1.82, 2.24) is 5.43 Å². The molecule has 0 aliphatic heterocycles. The van der Waals surface area contributed by atoms with Crippen LogP contribution < -0.4 is 19.6 Å². The fraction of sp³-hybridized carbons (Fsp3) is 0.158. The van der Waals surface area contributed by atoms with E-state index in [1.165, 1.54) is 20.2 Å². The summed E-state index contributed by atoms with van der Waals surface area (Å²) in [7, 11) is 1.45. The van der Waals surface area contributed by atoms with Crippen LogP contribution in [0.4, 0.5) is 0 Å². The van der Waals surface area contributed by atoms with Crippen LogP contribution in [0.15, 0.2) is 47.6 Å². The highest BCUT2D eigenvalue weighted by Crippen LogP contribution is 2.27.